The van der Waals surface area contributed by atoms with Crippen molar-refractivity contribution in [2.45, 2.75) is 23.8 Å². The quantitative estimate of drug-likeness (QED) is 0.902. The lowest BCUT2D eigenvalue weighted by Gasteiger charge is -2.19. The van der Waals surface area contributed by atoms with Crippen molar-refractivity contribution in [1.29, 1.82) is 0 Å². The molecule has 1 aliphatic carbocycles. The molecule has 2 N–H and O–H groups in total. The molecule has 0 radical (unpaired) electrons. The lowest BCUT2D eigenvalue weighted by atomic mass is 9.98. The van der Waals surface area contributed by atoms with Gasteiger partial charge in [-0.05, 0) is 42.9 Å². The fourth-order valence-corrected chi connectivity index (χ4v) is 5.55. The topological polar surface area (TPSA) is 63.4 Å². The van der Waals surface area contributed by atoms with Crippen LogP contribution in [0.15, 0.2) is 23.1 Å². The number of nitrogens with zero attached hydrogens (tertiary/aromatic N) is 1. The number of halogens is 2. The summed E-state index contributed by atoms with van der Waals surface area (Å²) in [6.07, 6.45) is 2.00. The molecule has 0 bridgehead atoms. The molecule has 3 atom stereocenters. The third-order valence-corrected chi connectivity index (χ3v) is 6.60. The first-order chi connectivity index (χ1) is 9.38. The van der Waals surface area contributed by atoms with E-state index in [-0.39, 0.29) is 16.9 Å². The molecule has 0 amide bonds. The fraction of sp³-hybridized carbons (Fsp3) is 0.538. The third kappa shape index (κ3) is 2.46. The summed E-state index contributed by atoms with van der Waals surface area (Å²) in [4.78, 5) is 0.156. The molecule has 7 heteroatoms. The summed E-state index contributed by atoms with van der Waals surface area (Å²) in [7, 11) is -3.54. The summed E-state index contributed by atoms with van der Waals surface area (Å²) in [5, 5.41) is 0.652. The van der Waals surface area contributed by atoms with Crippen molar-refractivity contribution >= 4 is 33.2 Å². The van der Waals surface area contributed by atoms with Crippen molar-refractivity contribution in [3.8, 4) is 0 Å². The average molecular weight is 335 g/mol. The second-order valence-electron chi connectivity index (χ2n) is 5.59. The molecule has 1 aliphatic heterocycles. The maximum Gasteiger partial charge on any atom is 0.243 e. The van der Waals surface area contributed by atoms with Crippen LogP contribution >= 0.6 is 23.2 Å². The minimum Gasteiger partial charge on any atom is -0.327 e. The van der Waals surface area contributed by atoms with Crippen molar-refractivity contribution in [2.24, 2.45) is 17.6 Å². The summed E-state index contributed by atoms with van der Waals surface area (Å²) >= 11 is 11.8. The molecule has 1 saturated carbocycles. The van der Waals surface area contributed by atoms with Crippen molar-refractivity contribution in [1.82, 2.24) is 4.31 Å². The highest BCUT2D eigenvalue weighted by atomic mass is 35.5. The van der Waals surface area contributed by atoms with Crippen LogP contribution in [0.25, 0.3) is 0 Å². The summed E-state index contributed by atoms with van der Waals surface area (Å²) in [5.41, 5.74) is 6.05. The molecule has 110 valence electrons. The van der Waals surface area contributed by atoms with Crippen LogP contribution < -0.4 is 5.73 Å². The van der Waals surface area contributed by atoms with Gasteiger partial charge in [0.2, 0.25) is 10.0 Å². The largest absolute Gasteiger partial charge is 0.327 e. The Hall–Kier alpha value is -0.330. The molecule has 0 spiro atoms. The Morgan fingerprint density at radius 1 is 1.10 bits per heavy atom. The predicted octanol–water partition coefficient (Wildman–Crippen LogP) is 2.35. The highest BCUT2D eigenvalue weighted by Gasteiger charge is 2.45. The van der Waals surface area contributed by atoms with Crippen LogP contribution in [-0.4, -0.2) is 31.9 Å². The second-order valence-corrected chi connectivity index (χ2v) is 8.40. The first kappa shape index (κ1) is 14.6. The van der Waals surface area contributed by atoms with E-state index in [1.807, 2.05) is 0 Å². The molecule has 1 heterocycles. The molecule has 2 fully saturated rings. The third-order valence-electron chi connectivity index (χ3n) is 4.35. The molecule has 1 saturated heterocycles. The monoisotopic (exact) mass is 334 g/mol. The highest BCUT2D eigenvalue weighted by Crippen LogP contribution is 2.39. The maximum absolute atomic E-state index is 12.6. The van der Waals surface area contributed by atoms with Gasteiger partial charge in [0.05, 0.1) is 4.90 Å². The Balaban J connectivity index is 1.90. The van der Waals surface area contributed by atoms with Gasteiger partial charge in [-0.2, -0.15) is 4.31 Å². The van der Waals surface area contributed by atoms with Gasteiger partial charge in [0.15, 0.2) is 0 Å². The molecule has 2 aliphatic rings. The van der Waals surface area contributed by atoms with E-state index in [9.17, 15) is 8.42 Å². The highest BCUT2D eigenvalue weighted by molar-refractivity contribution is 7.89. The lowest BCUT2D eigenvalue weighted by molar-refractivity contribution is 0.427. The molecule has 3 rings (SSSR count). The Kier molecular flexibility index (Phi) is 3.75. The average Bonchev–Trinajstić information content (AvgIpc) is 2.91. The Morgan fingerprint density at radius 2 is 1.75 bits per heavy atom. The normalized spacial score (nSPS) is 30.6. The molecule has 4 nitrogen and oxygen atoms in total. The minimum atomic E-state index is -3.54. The molecule has 1 aromatic rings. The van der Waals surface area contributed by atoms with Gasteiger partial charge in [0, 0.05) is 29.2 Å². The second kappa shape index (κ2) is 5.14. The lowest BCUT2D eigenvalue weighted by Crippen LogP contribution is -2.33. The first-order valence-electron chi connectivity index (χ1n) is 6.60. The summed E-state index contributed by atoms with van der Waals surface area (Å²) in [6.45, 7) is 1.04. The summed E-state index contributed by atoms with van der Waals surface area (Å²) < 4.78 is 26.8. The van der Waals surface area contributed by atoms with Gasteiger partial charge in [0.1, 0.15) is 0 Å². The van der Waals surface area contributed by atoms with Gasteiger partial charge in [0.25, 0.3) is 0 Å². The summed E-state index contributed by atoms with van der Waals surface area (Å²) in [6, 6.07) is 4.52. The molecule has 1 aromatic carbocycles. The van der Waals surface area contributed by atoms with Gasteiger partial charge in [-0.15, -0.1) is 0 Å². The Bertz CT molecular complexity index is 615. The van der Waals surface area contributed by atoms with Crippen LogP contribution in [0.3, 0.4) is 0 Å². The fourth-order valence-electron chi connectivity index (χ4n) is 3.29. The molecule has 3 unspecified atom stereocenters. The zero-order chi connectivity index (χ0) is 14.5. The van der Waals surface area contributed by atoms with Crippen molar-refractivity contribution in [3.63, 3.8) is 0 Å². The van der Waals surface area contributed by atoms with Crippen LogP contribution in [0.5, 0.6) is 0 Å². The number of hydrogen-bond acceptors (Lipinski definition) is 3. The zero-order valence-electron chi connectivity index (χ0n) is 10.8. The standard InChI is InChI=1S/C13H16Cl2N2O2S/c14-9-3-10(15)5-11(4-9)20(18,19)17-6-8-1-2-13(16)12(8)7-17/h3-5,8,12-13H,1-2,6-7,16H2. The van der Waals surface area contributed by atoms with E-state index >= 15 is 0 Å². The van der Waals surface area contributed by atoms with Gasteiger partial charge in [-0.25, -0.2) is 8.42 Å². The number of rotatable bonds is 2. The van der Waals surface area contributed by atoms with Crippen molar-refractivity contribution in [3.05, 3.63) is 28.2 Å². The van der Waals surface area contributed by atoms with E-state index in [4.69, 9.17) is 28.9 Å². The number of benzene rings is 1. The van der Waals surface area contributed by atoms with E-state index in [1.165, 1.54) is 22.5 Å². The smallest absolute Gasteiger partial charge is 0.243 e. The van der Waals surface area contributed by atoms with Crippen LogP contribution in [0.4, 0.5) is 0 Å². The SMILES string of the molecule is NC1CCC2CN(S(=O)(=O)c3cc(Cl)cc(Cl)c3)CC12. The number of nitrogens with two attached hydrogens (primary N) is 1. The van der Waals surface area contributed by atoms with Gasteiger partial charge >= 0.3 is 0 Å². The number of fused-ring (bicyclic) bond motifs is 1. The van der Waals surface area contributed by atoms with Gasteiger partial charge in [-0.3, -0.25) is 0 Å². The number of sulfonamides is 1. The molecular formula is C13H16Cl2N2O2S. The molecule has 20 heavy (non-hydrogen) atoms. The van der Waals surface area contributed by atoms with Gasteiger partial charge < -0.3 is 5.73 Å². The Morgan fingerprint density at radius 3 is 2.35 bits per heavy atom. The van der Waals surface area contributed by atoms with E-state index in [2.05, 4.69) is 0 Å². The molecular weight excluding hydrogens is 319 g/mol. The van der Waals surface area contributed by atoms with Crippen LogP contribution in [0.2, 0.25) is 10.0 Å². The number of hydrogen-bond donors (Lipinski definition) is 1. The van der Waals surface area contributed by atoms with E-state index < -0.39 is 10.0 Å². The van der Waals surface area contributed by atoms with Crippen LogP contribution in [0.1, 0.15) is 12.8 Å². The van der Waals surface area contributed by atoms with Gasteiger partial charge in [-0.1, -0.05) is 23.2 Å². The summed E-state index contributed by atoms with van der Waals surface area (Å²) in [5.74, 6) is 0.661. The van der Waals surface area contributed by atoms with Crippen LogP contribution in [-0.2, 0) is 10.0 Å². The predicted molar refractivity (Wildman–Crippen MR) is 79.4 cm³/mol. The van der Waals surface area contributed by atoms with Crippen LogP contribution in [0, 0.1) is 11.8 Å². The Labute approximate surface area is 128 Å². The zero-order valence-corrected chi connectivity index (χ0v) is 13.1. The van der Waals surface area contributed by atoms with E-state index in [0.717, 1.165) is 12.8 Å². The van der Waals surface area contributed by atoms with E-state index in [0.29, 0.717) is 29.1 Å². The minimum absolute atomic E-state index is 0.114. The molecule has 0 aromatic heterocycles. The first-order valence-corrected chi connectivity index (χ1v) is 8.79. The van der Waals surface area contributed by atoms with Crippen molar-refractivity contribution in [2.75, 3.05) is 13.1 Å². The maximum atomic E-state index is 12.6. The van der Waals surface area contributed by atoms with Crippen molar-refractivity contribution < 1.29 is 8.42 Å². The van der Waals surface area contributed by atoms with E-state index in [1.54, 1.807) is 0 Å².